The molecule has 27 heavy (non-hydrogen) atoms. The van der Waals surface area contributed by atoms with Crippen LogP contribution in [0.1, 0.15) is 48.4 Å². The number of hydrogen-bond acceptors (Lipinski definition) is 4. The lowest BCUT2D eigenvalue weighted by molar-refractivity contribution is -0.125. The van der Waals surface area contributed by atoms with E-state index in [1.165, 1.54) is 0 Å². The Bertz CT molecular complexity index is 857. The van der Waals surface area contributed by atoms with Gasteiger partial charge in [0.1, 0.15) is 17.6 Å². The van der Waals surface area contributed by atoms with Crippen LogP contribution in [0.15, 0.2) is 41.0 Å². The number of ether oxygens (including phenoxy) is 1. The lowest BCUT2D eigenvalue weighted by atomic mass is 9.86. The van der Waals surface area contributed by atoms with Crippen molar-refractivity contribution in [2.24, 2.45) is 0 Å². The molecule has 2 amide bonds. The first kappa shape index (κ1) is 17.6. The van der Waals surface area contributed by atoms with Crippen molar-refractivity contribution in [3.63, 3.8) is 0 Å². The minimum Gasteiger partial charge on any atom is -0.492 e. The second kappa shape index (κ2) is 6.76. The van der Waals surface area contributed by atoms with Gasteiger partial charge in [0.05, 0.1) is 25.0 Å². The fourth-order valence-electron chi connectivity index (χ4n) is 3.87. The number of likely N-dealkylation sites (tertiary alicyclic amines) is 1. The van der Waals surface area contributed by atoms with Crippen LogP contribution in [0.3, 0.4) is 0 Å². The molecule has 6 heteroatoms. The van der Waals surface area contributed by atoms with Gasteiger partial charge in [0.2, 0.25) is 5.91 Å². The lowest BCUT2D eigenvalue weighted by Crippen LogP contribution is -2.45. The van der Waals surface area contributed by atoms with Crippen molar-refractivity contribution in [1.29, 1.82) is 0 Å². The Balaban J connectivity index is 1.52. The van der Waals surface area contributed by atoms with Crippen molar-refractivity contribution < 1.29 is 18.7 Å². The largest absolute Gasteiger partial charge is 0.492 e. The highest BCUT2D eigenvalue weighted by molar-refractivity contribution is 6.00. The van der Waals surface area contributed by atoms with E-state index in [1.54, 1.807) is 23.3 Å². The number of benzene rings is 1. The number of fused-ring (bicyclic) bond motifs is 1. The number of carbonyl (C=O) groups excluding carboxylic acids is 2. The molecule has 1 N–H and O–H groups in total. The van der Waals surface area contributed by atoms with Crippen molar-refractivity contribution >= 4 is 11.8 Å². The summed E-state index contributed by atoms with van der Waals surface area (Å²) in [4.78, 5) is 27.5. The van der Waals surface area contributed by atoms with E-state index in [2.05, 4.69) is 19.2 Å². The number of nitrogens with one attached hydrogen (secondary N) is 1. The van der Waals surface area contributed by atoms with E-state index in [0.717, 1.165) is 12.0 Å². The summed E-state index contributed by atoms with van der Waals surface area (Å²) in [6.07, 6.45) is 3.05. The van der Waals surface area contributed by atoms with Crippen LogP contribution in [0.25, 0.3) is 0 Å². The molecule has 1 fully saturated rings. The first-order chi connectivity index (χ1) is 13.0. The van der Waals surface area contributed by atoms with E-state index in [4.69, 9.17) is 9.15 Å². The highest BCUT2D eigenvalue weighted by atomic mass is 16.5. The van der Waals surface area contributed by atoms with Crippen LogP contribution in [0.2, 0.25) is 0 Å². The van der Waals surface area contributed by atoms with E-state index < -0.39 is 6.04 Å². The Morgan fingerprint density at radius 1 is 1.26 bits per heavy atom. The van der Waals surface area contributed by atoms with E-state index in [0.29, 0.717) is 43.2 Å². The van der Waals surface area contributed by atoms with E-state index in [-0.39, 0.29) is 17.2 Å². The highest BCUT2D eigenvalue weighted by Crippen LogP contribution is 2.41. The molecule has 1 saturated heterocycles. The van der Waals surface area contributed by atoms with Gasteiger partial charge in [-0.3, -0.25) is 9.59 Å². The van der Waals surface area contributed by atoms with Crippen molar-refractivity contribution in [3.05, 3.63) is 53.5 Å². The number of nitrogens with zero attached hydrogens (tertiary/aromatic N) is 1. The molecular formula is C21H24N2O4. The van der Waals surface area contributed by atoms with Crippen molar-refractivity contribution in [1.82, 2.24) is 10.2 Å². The number of furan rings is 1. The molecule has 2 aliphatic rings. The van der Waals surface area contributed by atoms with Gasteiger partial charge >= 0.3 is 0 Å². The molecule has 6 nitrogen and oxygen atoms in total. The van der Waals surface area contributed by atoms with Crippen LogP contribution in [0, 0.1) is 0 Å². The Morgan fingerprint density at radius 2 is 2.11 bits per heavy atom. The summed E-state index contributed by atoms with van der Waals surface area (Å²) in [5.41, 5.74) is 1.48. The van der Waals surface area contributed by atoms with Gasteiger partial charge in [0, 0.05) is 17.5 Å². The van der Waals surface area contributed by atoms with Gasteiger partial charge in [-0.2, -0.15) is 0 Å². The quantitative estimate of drug-likeness (QED) is 0.901. The summed E-state index contributed by atoms with van der Waals surface area (Å²) < 4.78 is 11.1. The molecule has 1 unspecified atom stereocenters. The first-order valence-corrected chi connectivity index (χ1v) is 9.35. The van der Waals surface area contributed by atoms with Crippen LogP contribution in [-0.4, -0.2) is 35.9 Å². The topological polar surface area (TPSA) is 71.8 Å². The van der Waals surface area contributed by atoms with Gasteiger partial charge in [-0.1, -0.05) is 26.0 Å². The first-order valence-electron chi connectivity index (χ1n) is 9.35. The van der Waals surface area contributed by atoms with Gasteiger partial charge in [0.15, 0.2) is 0 Å². The molecular weight excluding hydrogens is 344 g/mol. The third-order valence-corrected chi connectivity index (χ3v) is 5.39. The highest BCUT2D eigenvalue weighted by Gasteiger charge is 2.39. The van der Waals surface area contributed by atoms with Crippen LogP contribution >= 0.6 is 0 Å². The maximum absolute atomic E-state index is 13.2. The van der Waals surface area contributed by atoms with Crippen molar-refractivity contribution in [2.75, 3.05) is 13.2 Å². The fourth-order valence-corrected chi connectivity index (χ4v) is 3.87. The zero-order valence-electron chi connectivity index (χ0n) is 15.7. The maximum atomic E-state index is 13.2. The second-order valence-corrected chi connectivity index (χ2v) is 7.81. The molecule has 0 aliphatic carbocycles. The summed E-state index contributed by atoms with van der Waals surface area (Å²) in [5.74, 6) is 1.07. The number of rotatable bonds is 4. The van der Waals surface area contributed by atoms with Crippen LogP contribution < -0.4 is 10.1 Å². The number of amides is 2. The molecule has 0 saturated carbocycles. The monoisotopic (exact) mass is 368 g/mol. The van der Waals surface area contributed by atoms with Crippen LogP contribution in [0.4, 0.5) is 0 Å². The molecule has 1 atom stereocenters. The summed E-state index contributed by atoms with van der Waals surface area (Å²) in [6, 6.07) is 8.83. The average molecular weight is 368 g/mol. The number of hydrogen-bond donors (Lipinski definition) is 1. The Morgan fingerprint density at radius 3 is 2.89 bits per heavy atom. The maximum Gasteiger partial charge on any atom is 0.258 e. The Labute approximate surface area is 158 Å². The van der Waals surface area contributed by atoms with Crippen LogP contribution in [-0.2, 0) is 16.8 Å². The molecule has 1 aromatic heterocycles. The smallest absolute Gasteiger partial charge is 0.258 e. The van der Waals surface area contributed by atoms with Gasteiger partial charge in [0.25, 0.3) is 5.91 Å². The molecule has 2 aliphatic heterocycles. The van der Waals surface area contributed by atoms with Crippen molar-refractivity contribution in [3.8, 4) is 5.75 Å². The minimum absolute atomic E-state index is 0.115. The van der Waals surface area contributed by atoms with Crippen molar-refractivity contribution in [2.45, 2.75) is 44.7 Å². The van der Waals surface area contributed by atoms with E-state index in [1.807, 2.05) is 18.2 Å². The number of carbonyl (C=O) groups is 2. The summed E-state index contributed by atoms with van der Waals surface area (Å²) >= 11 is 0. The SMILES string of the molecule is CC1(C)COc2c(C(=O)N3CCCC3C(=O)NCc3ccco3)cccc21. The zero-order chi connectivity index (χ0) is 19.0. The fraction of sp³-hybridized carbons (Fsp3) is 0.429. The second-order valence-electron chi connectivity index (χ2n) is 7.81. The molecule has 2 aromatic rings. The predicted molar refractivity (Wildman–Crippen MR) is 99.6 cm³/mol. The molecule has 1 aromatic carbocycles. The molecule has 3 heterocycles. The third kappa shape index (κ3) is 3.20. The average Bonchev–Trinajstić information content (AvgIpc) is 3.39. The molecule has 0 radical (unpaired) electrons. The lowest BCUT2D eigenvalue weighted by Gasteiger charge is -2.24. The molecule has 4 rings (SSSR count). The van der Waals surface area contributed by atoms with E-state index >= 15 is 0 Å². The zero-order valence-corrected chi connectivity index (χ0v) is 15.7. The molecule has 0 bridgehead atoms. The molecule has 0 spiro atoms. The Hall–Kier alpha value is -2.76. The van der Waals surface area contributed by atoms with Gasteiger partial charge in [-0.05, 0) is 31.0 Å². The normalized spacial score (nSPS) is 20.2. The third-order valence-electron chi connectivity index (χ3n) is 5.39. The van der Waals surface area contributed by atoms with E-state index in [9.17, 15) is 9.59 Å². The summed E-state index contributed by atoms with van der Waals surface area (Å²) in [5, 5.41) is 2.87. The van der Waals surface area contributed by atoms with Gasteiger partial charge in [-0.25, -0.2) is 0 Å². The minimum atomic E-state index is -0.460. The summed E-state index contributed by atoms with van der Waals surface area (Å²) in [7, 11) is 0. The summed E-state index contributed by atoms with van der Waals surface area (Å²) in [6.45, 7) is 5.66. The number of para-hydroxylation sites is 1. The van der Waals surface area contributed by atoms with Gasteiger partial charge in [-0.15, -0.1) is 0 Å². The Kier molecular flexibility index (Phi) is 4.42. The van der Waals surface area contributed by atoms with Gasteiger partial charge < -0.3 is 19.4 Å². The van der Waals surface area contributed by atoms with Crippen LogP contribution in [0.5, 0.6) is 5.75 Å². The predicted octanol–water partition coefficient (Wildman–Crippen LogP) is 2.87. The molecule has 142 valence electrons. The standard InChI is InChI=1S/C21H24N2O4/c1-21(2)13-27-18-15(7-3-8-16(18)21)20(25)23-10-4-9-17(23)19(24)22-12-14-6-5-11-26-14/h3,5-8,11,17H,4,9-10,12-13H2,1-2H3,(H,22,24).